The van der Waals surface area contributed by atoms with Crippen molar-refractivity contribution < 1.29 is 19.6 Å². The van der Waals surface area contributed by atoms with Gasteiger partial charge in [-0.25, -0.2) is 4.98 Å². The summed E-state index contributed by atoms with van der Waals surface area (Å²) in [6, 6.07) is 16.1. The molecule has 0 aliphatic heterocycles. The van der Waals surface area contributed by atoms with Crippen LogP contribution in [0.3, 0.4) is 0 Å². The zero-order valence-electron chi connectivity index (χ0n) is 16.0. The van der Waals surface area contributed by atoms with Crippen LogP contribution in [0, 0.1) is 10.1 Å². The maximum Gasteiger partial charge on any atom is 0.320 e. The quantitative estimate of drug-likeness (QED) is 0.329. The van der Waals surface area contributed by atoms with Gasteiger partial charge in [-0.2, -0.15) is 0 Å². The van der Waals surface area contributed by atoms with E-state index in [2.05, 4.69) is 10.3 Å². The highest BCUT2D eigenvalue weighted by Crippen LogP contribution is 2.25. The Bertz CT molecular complexity index is 1000. The SMILES string of the molecule is Cl.Cl.N[C@@H](Cc1ccc(Oc2ccc(Nc3ccc([N+](=O)[O-])cn3)cc2)cc1)C(=O)O. The van der Waals surface area contributed by atoms with Crippen molar-refractivity contribution in [3.05, 3.63) is 82.5 Å². The molecule has 0 saturated carbocycles. The summed E-state index contributed by atoms with van der Waals surface area (Å²) in [5.41, 5.74) is 7.01. The molecule has 3 aromatic rings. The minimum Gasteiger partial charge on any atom is -0.480 e. The molecule has 4 N–H and O–H groups in total. The Morgan fingerprint density at radius 1 is 1.06 bits per heavy atom. The third-order valence-corrected chi connectivity index (χ3v) is 4.02. The lowest BCUT2D eigenvalue weighted by molar-refractivity contribution is -0.385. The fourth-order valence-corrected chi connectivity index (χ4v) is 2.49. The first-order chi connectivity index (χ1) is 13.9. The number of nitrogens with one attached hydrogen (secondary N) is 1. The number of benzene rings is 2. The van der Waals surface area contributed by atoms with E-state index in [4.69, 9.17) is 15.6 Å². The highest BCUT2D eigenvalue weighted by atomic mass is 35.5. The van der Waals surface area contributed by atoms with Gasteiger partial charge in [0.2, 0.25) is 0 Å². The van der Waals surface area contributed by atoms with Gasteiger partial charge in [-0.15, -0.1) is 24.8 Å². The number of aliphatic carboxylic acids is 1. The Morgan fingerprint density at radius 3 is 2.13 bits per heavy atom. The van der Waals surface area contributed by atoms with E-state index >= 15 is 0 Å². The summed E-state index contributed by atoms with van der Waals surface area (Å²) in [7, 11) is 0. The topological polar surface area (TPSA) is 141 Å². The lowest BCUT2D eigenvalue weighted by Gasteiger charge is -2.10. The van der Waals surface area contributed by atoms with Gasteiger partial charge in [-0.3, -0.25) is 14.9 Å². The highest BCUT2D eigenvalue weighted by molar-refractivity contribution is 5.85. The first kappa shape index (κ1) is 25.6. The molecule has 3 rings (SSSR count). The predicted molar refractivity (Wildman–Crippen MR) is 121 cm³/mol. The van der Waals surface area contributed by atoms with E-state index in [-0.39, 0.29) is 36.9 Å². The van der Waals surface area contributed by atoms with E-state index in [0.29, 0.717) is 17.3 Å². The summed E-state index contributed by atoms with van der Waals surface area (Å²) in [6.07, 6.45) is 1.43. The third-order valence-electron chi connectivity index (χ3n) is 4.02. The van der Waals surface area contributed by atoms with Crippen molar-refractivity contribution >= 4 is 48.0 Å². The standard InChI is InChI=1S/C20H18N4O5.2ClH/c21-18(20(25)26)11-13-1-6-16(7-2-13)29-17-8-3-14(4-9-17)23-19-10-5-15(12-22-19)24(27)28;;/h1-10,12,18H,11,21H2,(H,22,23)(H,25,26);2*1H/t18-;;/m0../s1. The van der Waals surface area contributed by atoms with Gasteiger partial charge in [-0.05, 0) is 54.4 Å². The Balaban J connectivity index is 0.00000240. The van der Waals surface area contributed by atoms with Crippen LogP contribution < -0.4 is 15.8 Å². The first-order valence-corrected chi connectivity index (χ1v) is 8.63. The minimum absolute atomic E-state index is 0. The van der Waals surface area contributed by atoms with Crippen molar-refractivity contribution in [1.82, 2.24) is 4.98 Å². The van der Waals surface area contributed by atoms with Crippen molar-refractivity contribution in [2.75, 3.05) is 5.32 Å². The Morgan fingerprint density at radius 2 is 1.65 bits per heavy atom. The van der Waals surface area contributed by atoms with E-state index < -0.39 is 16.9 Å². The summed E-state index contributed by atoms with van der Waals surface area (Å²) >= 11 is 0. The molecule has 1 aromatic heterocycles. The van der Waals surface area contributed by atoms with Crippen molar-refractivity contribution in [3.63, 3.8) is 0 Å². The van der Waals surface area contributed by atoms with Gasteiger partial charge in [-0.1, -0.05) is 12.1 Å². The average Bonchev–Trinajstić information content (AvgIpc) is 2.71. The van der Waals surface area contributed by atoms with Gasteiger partial charge in [0, 0.05) is 11.8 Å². The molecule has 9 nitrogen and oxygen atoms in total. The van der Waals surface area contributed by atoms with Crippen molar-refractivity contribution in [2.24, 2.45) is 5.73 Å². The van der Waals surface area contributed by atoms with Gasteiger partial charge in [0.25, 0.3) is 5.69 Å². The van der Waals surface area contributed by atoms with E-state index in [0.717, 1.165) is 11.3 Å². The van der Waals surface area contributed by atoms with Crippen LogP contribution in [0.5, 0.6) is 11.5 Å². The van der Waals surface area contributed by atoms with Crippen LogP contribution in [0.2, 0.25) is 0 Å². The number of pyridine rings is 1. The van der Waals surface area contributed by atoms with Crippen LogP contribution >= 0.6 is 24.8 Å². The summed E-state index contributed by atoms with van der Waals surface area (Å²) in [5, 5.41) is 22.6. The first-order valence-electron chi connectivity index (χ1n) is 8.63. The van der Waals surface area contributed by atoms with Crippen LogP contribution in [0.25, 0.3) is 0 Å². The van der Waals surface area contributed by atoms with Crippen LogP contribution in [0.1, 0.15) is 5.56 Å². The molecule has 0 aliphatic rings. The van der Waals surface area contributed by atoms with E-state index in [9.17, 15) is 14.9 Å². The normalized spacial score (nSPS) is 10.7. The molecule has 0 saturated heterocycles. The number of carboxylic acids is 1. The highest BCUT2D eigenvalue weighted by Gasteiger charge is 2.12. The molecule has 0 aliphatic carbocycles. The van der Waals surface area contributed by atoms with Gasteiger partial charge in [0.15, 0.2) is 0 Å². The van der Waals surface area contributed by atoms with Crippen LogP contribution in [-0.4, -0.2) is 27.0 Å². The number of rotatable bonds is 8. The van der Waals surface area contributed by atoms with E-state index in [1.165, 1.54) is 18.3 Å². The Hall–Kier alpha value is -3.40. The van der Waals surface area contributed by atoms with Crippen LogP contribution in [-0.2, 0) is 11.2 Å². The van der Waals surface area contributed by atoms with Gasteiger partial charge >= 0.3 is 5.97 Å². The van der Waals surface area contributed by atoms with Crippen LogP contribution in [0.4, 0.5) is 17.2 Å². The molecular formula is C20H20Cl2N4O5. The molecule has 0 radical (unpaired) electrons. The zero-order valence-corrected chi connectivity index (χ0v) is 17.6. The molecule has 1 heterocycles. The number of carbonyl (C=O) groups is 1. The molecule has 2 aromatic carbocycles. The number of aromatic nitrogens is 1. The second-order valence-electron chi connectivity index (χ2n) is 6.20. The lowest BCUT2D eigenvalue weighted by Crippen LogP contribution is -2.32. The van der Waals surface area contributed by atoms with Gasteiger partial charge < -0.3 is 20.9 Å². The Labute approximate surface area is 190 Å². The van der Waals surface area contributed by atoms with Crippen molar-refractivity contribution in [2.45, 2.75) is 12.5 Å². The van der Waals surface area contributed by atoms with E-state index in [1.54, 1.807) is 48.5 Å². The number of ether oxygens (including phenoxy) is 1. The van der Waals surface area contributed by atoms with Gasteiger partial charge in [0.1, 0.15) is 29.6 Å². The van der Waals surface area contributed by atoms with Gasteiger partial charge in [0.05, 0.1) is 4.92 Å². The number of nitro groups is 1. The second kappa shape index (κ2) is 11.7. The maximum atomic E-state index is 10.8. The molecule has 0 bridgehead atoms. The number of nitrogens with zero attached hydrogens (tertiary/aromatic N) is 2. The molecule has 0 spiro atoms. The second-order valence-corrected chi connectivity index (χ2v) is 6.20. The lowest BCUT2D eigenvalue weighted by atomic mass is 10.1. The number of hydrogen-bond acceptors (Lipinski definition) is 7. The van der Waals surface area contributed by atoms with Crippen LogP contribution in [0.15, 0.2) is 66.9 Å². The fraction of sp³-hybridized carbons (Fsp3) is 0.100. The Kier molecular flexibility index (Phi) is 9.68. The monoisotopic (exact) mass is 466 g/mol. The summed E-state index contributed by atoms with van der Waals surface area (Å²) in [5.74, 6) is 0.667. The van der Waals surface area contributed by atoms with Crippen molar-refractivity contribution in [1.29, 1.82) is 0 Å². The smallest absolute Gasteiger partial charge is 0.320 e. The molecule has 0 amide bonds. The summed E-state index contributed by atoms with van der Waals surface area (Å²) in [6.45, 7) is 0. The number of anilines is 2. The molecular weight excluding hydrogens is 447 g/mol. The predicted octanol–water partition coefficient (Wildman–Crippen LogP) is 4.32. The molecule has 164 valence electrons. The molecule has 0 unspecified atom stereocenters. The maximum absolute atomic E-state index is 10.8. The number of hydrogen-bond donors (Lipinski definition) is 3. The largest absolute Gasteiger partial charge is 0.480 e. The number of nitrogens with two attached hydrogens (primary N) is 1. The molecule has 31 heavy (non-hydrogen) atoms. The molecule has 1 atom stereocenters. The minimum atomic E-state index is -1.04. The summed E-state index contributed by atoms with van der Waals surface area (Å²) in [4.78, 5) is 25.0. The average molecular weight is 467 g/mol. The molecule has 0 fully saturated rings. The zero-order chi connectivity index (χ0) is 20.8. The third kappa shape index (κ3) is 7.41. The number of halogens is 2. The fourth-order valence-electron chi connectivity index (χ4n) is 2.49. The summed E-state index contributed by atoms with van der Waals surface area (Å²) < 4.78 is 5.77. The van der Waals surface area contributed by atoms with Crippen molar-refractivity contribution in [3.8, 4) is 11.5 Å². The number of carboxylic acid groups (broad SMARTS) is 1. The molecule has 11 heteroatoms. The van der Waals surface area contributed by atoms with E-state index in [1.807, 2.05) is 0 Å².